The van der Waals surface area contributed by atoms with Gasteiger partial charge in [-0.15, -0.1) is 0 Å². The van der Waals surface area contributed by atoms with Gasteiger partial charge in [0.15, 0.2) is 0 Å². The van der Waals surface area contributed by atoms with Crippen LogP contribution in [-0.2, 0) is 17.6 Å². The molecule has 0 atom stereocenters. The molecule has 2 aromatic carbocycles. The van der Waals surface area contributed by atoms with E-state index in [2.05, 4.69) is 4.98 Å². The molecule has 0 saturated heterocycles. The van der Waals surface area contributed by atoms with Gasteiger partial charge in [-0.05, 0) is 56.0 Å². The first-order chi connectivity index (χ1) is 15.1. The van der Waals surface area contributed by atoms with E-state index in [0.717, 1.165) is 60.4 Å². The monoisotopic (exact) mass is 419 g/mol. The van der Waals surface area contributed by atoms with Gasteiger partial charge in [0.05, 0.1) is 17.7 Å². The second kappa shape index (κ2) is 9.38. The quantitative estimate of drug-likeness (QED) is 0.496. The lowest BCUT2D eigenvalue weighted by molar-refractivity contribution is -0.151. The van der Waals surface area contributed by atoms with Crippen molar-refractivity contribution in [3.05, 3.63) is 71.6 Å². The van der Waals surface area contributed by atoms with Gasteiger partial charge in [0, 0.05) is 12.0 Å². The molecule has 0 spiro atoms. The Balaban J connectivity index is 1.33. The molecule has 1 aliphatic rings. The predicted octanol–water partition coefficient (Wildman–Crippen LogP) is 5.85. The smallest absolute Gasteiger partial charge is 0.309 e. The molecule has 1 N–H and O–H groups in total. The van der Waals surface area contributed by atoms with E-state index in [0.29, 0.717) is 25.3 Å². The van der Waals surface area contributed by atoms with Crippen LogP contribution < -0.4 is 4.74 Å². The first-order valence-corrected chi connectivity index (χ1v) is 11.0. The van der Waals surface area contributed by atoms with Crippen LogP contribution in [0.2, 0.25) is 0 Å². The Bertz CT molecular complexity index is 1000. The number of rotatable bonds is 8. The predicted molar refractivity (Wildman–Crippen MR) is 119 cm³/mol. The number of nitrogens with zero attached hydrogens (tertiary/aromatic N) is 1. The molecule has 1 fully saturated rings. The van der Waals surface area contributed by atoms with E-state index in [4.69, 9.17) is 9.15 Å². The van der Waals surface area contributed by atoms with Crippen LogP contribution in [0.3, 0.4) is 0 Å². The number of oxazole rings is 1. The third-order valence-electron chi connectivity index (χ3n) is 6.25. The fourth-order valence-corrected chi connectivity index (χ4v) is 4.42. The van der Waals surface area contributed by atoms with Gasteiger partial charge >= 0.3 is 5.97 Å². The first kappa shape index (κ1) is 21.2. The fourth-order valence-electron chi connectivity index (χ4n) is 4.42. The van der Waals surface area contributed by atoms with E-state index in [1.54, 1.807) is 0 Å². The molecule has 1 aliphatic carbocycles. The van der Waals surface area contributed by atoms with Crippen molar-refractivity contribution in [2.75, 3.05) is 6.61 Å². The molecule has 0 aliphatic heterocycles. The highest BCUT2D eigenvalue weighted by Gasteiger charge is 2.39. The van der Waals surface area contributed by atoms with Crippen molar-refractivity contribution in [3.63, 3.8) is 0 Å². The summed E-state index contributed by atoms with van der Waals surface area (Å²) in [7, 11) is 0. The van der Waals surface area contributed by atoms with E-state index >= 15 is 0 Å². The van der Waals surface area contributed by atoms with Crippen molar-refractivity contribution in [2.45, 2.75) is 51.9 Å². The van der Waals surface area contributed by atoms with E-state index in [1.807, 2.05) is 61.5 Å². The maximum Gasteiger partial charge on any atom is 0.309 e. The van der Waals surface area contributed by atoms with Crippen LogP contribution in [0, 0.1) is 12.3 Å². The van der Waals surface area contributed by atoms with Crippen LogP contribution in [0.15, 0.2) is 59.0 Å². The van der Waals surface area contributed by atoms with Crippen molar-refractivity contribution in [1.29, 1.82) is 0 Å². The molecule has 4 rings (SSSR count). The summed E-state index contributed by atoms with van der Waals surface area (Å²) in [6.07, 6.45) is 5.92. The third-order valence-corrected chi connectivity index (χ3v) is 6.25. The normalized spacial score (nSPS) is 15.5. The van der Waals surface area contributed by atoms with Crippen molar-refractivity contribution < 1.29 is 19.1 Å². The van der Waals surface area contributed by atoms with Crippen molar-refractivity contribution in [1.82, 2.24) is 4.98 Å². The first-order valence-electron chi connectivity index (χ1n) is 11.0. The van der Waals surface area contributed by atoms with Crippen LogP contribution >= 0.6 is 0 Å². The fraction of sp³-hybridized carbons (Fsp3) is 0.385. The topological polar surface area (TPSA) is 72.6 Å². The minimum atomic E-state index is -0.662. The summed E-state index contributed by atoms with van der Waals surface area (Å²) in [6, 6.07) is 17.7. The van der Waals surface area contributed by atoms with E-state index in [1.165, 1.54) is 0 Å². The minimum absolute atomic E-state index is 0.500. The molecule has 1 heterocycles. The number of aliphatic carboxylic acids is 1. The van der Waals surface area contributed by atoms with Crippen LogP contribution in [0.1, 0.15) is 49.1 Å². The molecule has 0 amide bonds. The molecule has 0 unspecified atom stereocenters. The number of carboxylic acids is 1. The summed E-state index contributed by atoms with van der Waals surface area (Å²) in [5.74, 6) is 1.56. The molecule has 1 aromatic heterocycles. The van der Waals surface area contributed by atoms with E-state index in [9.17, 15) is 9.90 Å². The molecule has 0 radical (unpaired) electrons. The zero-order chi connectivity index (χ0) is 21.7. The van der Waals surface area contributed by atoms with Gasteiger partial charge in [0.2, 0.25) is 5.89 Å². The van der Waals surface area contributed by atoms with Gasteiger partial charge in [0.1, 0.15) is 11.5 Å². The summed E-state index contributed by atoms with van der Waals surface area (Å²) in [5, 5.41) is 9.79. The summed E-state index contributed by atoms with van der Waals surface area (Å²) >= 11 is 0. The molecule has 1 saturated carbocycles. The minimum Gasteiger partial charge on any atom is -0.493 e. The Morgan fingerprint density at radius 1 is 1.06 bits per heavy atom. The van der Waals surface area contributed by atoms with Gasteiger partial charge < -0.3 is 14.3 Å². The Morgan fingerprint density at radius 3 is 2.45 bits per heavy atom. The number of hydrogen-bond donors (Lipinski definition) is 1. The maximum atomic E-state index is 11.9. The van der Waals surface area contributed by atoms with Crippen LogP contribution in [0.25, 0.3) is 11.5 Å². The van der Waals surface area contributed by atoms with Crippen molar-refractivity contribution in [2.24, 2.45) is 5.41 Å². The zero-order valence-corrected chi connectivity index (χ0v) is 18.0. The largest absolute Gasteiger partial charge is 0.493 e. The molecule has 162 valence electrons. The number of benzene rings is 2. The van der Waals surface area contributed by atoms with Gasteiger partial charge in [-0.3, -0.25) is 4.79 Å². The number of aromatic nitrogens is 1. The Kier molecular flexibility index (Phi) is 6.40. The molecule has 5 heteroatoms. The van der Waals surface area contributed by atoms with Crippen molar-refractivity contribution in [3.8, 4) is 17.2 Å². The average Bonchev–Trinajstić information content (AvgIpc) is 3.17. The molecule has 5 nitrogen and oxygen atoms in total. The Morgan fingerprint density at radius 2 is 1.77 bits per heavy atom. The lowest BCUT2D eigenvalue weighted by Gasteiger charge is -2.33. The SMILES string of the molecule is Cc1oc(-c2ccccc2)nc1CCOc1ccc(CC2(C(=O)O)CCCCC2)cc1. The average molecular weight is 420 g/mol. The Hall–Kier alpha value is -3.08. The highest BCUT2D eigenvalue weighted by atomic mass is 16.5. The summed E-state index contributed by atoms with van der Waals surface area (Å²) < 4.78 is 11.7. The van der Waals surface area contributed by atoms with Crippen LogP contribution in [0.4, 0.5) is 0 Å². The number of hydrogen-bond acceptors (Lipinski definition) is 4. The van der Waals surface area contributed by atoms with Crippen molar-refractivity contribution >= 4 is 5.97 Å². The molecular formula is C26H29NO4. The number of carboxylic acid groups (broad SMARTS) is 1. The lowest BCUT2D eigenvalue weighted by atomic mass is 9.70. The van der Waals surface area contributed by atoms with Crippen LogP contribution in [0.5, 0.6) is 5.75 Å². The van der Waals surface area contributed by atoms with Gasteiger partial charge in [0.25, 0.3) is 0 Å². The summed E-state index contributed by atoms with van der Waals surface area (Å²) in [5.41, 5.74) is 2.31. The second-order valence-electron chi connectivity index (χ2n) is 8.45. The highest BCUT2D eigenvalue weighted by Crippen LogP contribution is 2.39. The van der Waals surface area contributed by atoms with Gasteiger partial charge in [-0.25, -0.2) is 4.98 Å². The van der Waals surface area contributed by atoms with E-state index < -0.39 is 11.4 Å². The maximum absolute atomic E-state index is 11.9. The Labute approximate surface area is 183 Å². The van der Waals surface area contributed by atoms with Gasteiger partial charge in [-0.2, -0.15) is 0 Å². The summed E-state index contributed by atoms with van der Waals surface area (Å²) in [4.78, 5) is 16.5. The van der Waals surface area contributed by atoms with Crippen LogP contribution in [-0.4, -0.2) is 22.7 Å². The van der Waals surface area contributed by atoms with E-state index in [-0.39, 0.29) is 0 Å². The van der Waals surface area contributed by atoms with Gasteiger partial charge in [-0.1, -0.05) is 49.6 Å². The molecule has 3 aromatic rings. The number of carbonyl (C=O) groups is 1. The molecular weight excluding hydrogens is 390 g/mol. The lowest BCUT2D eigenvalue weighted by Crippen LogP contribution is -2.35. The second-order valence-corrected chi connectivity index (χ2v) is 8.45. The summed E-state index contributed by atoms with van der Waals surface area (Å²) in [6.45, 7) is 2.42. The number of aryl methyl sites for hydroxylation is 1. The third kappa shape index (κ3) is 4.98. The molecule has 0 bridgehead atoms. The standard InChI is InChI=1S/C26H29NO4/c1-19-23(27-24(31-19)21-8-4-2-5-9-21)14-17-30-22-12-10-20(11-13-22)18-26(25(28)29)15-6-3-7-16-26/h2,4-5,8-13H,3,6-7,14-18H2,1H3,(H,28,29). The molecule has 31 heavy (non-hydrogen) atoms. The zero-order valence-electron chi connectivity index (χ0n) is 18.0. The number of ether oxygens (including phenoxy) is 1. The highest BCUT2D eigenvalue weighted by molar-refractivity contribution is 5.75.